The fourth-order valence-corrected chi connectivity index (χ4v) is 7.63. The molecule has 0 bridgehead atoms. The Hall–Kier alpha value is -1.71. The molecule has 0 heterocycles. The quantitative estimate of drug-likeness (QED) is 0.669. The van der Waals surface area contributed by atoms with Gasteiger partial charge in [-0.15, -0.1) is 0 Å². The Kier molecular flexibility index (Phi) is 4.71. The Morgan fingerprint density at radius 3 is 2.72 bits per heavy atom. The van der Waals surface area contributed by atoms with Gasteiger partial charge in [0.15, 0.2) is 5.78 Å². The average Bonchev–Trinajstić information content (AvgIpc) is 2.91. The van der Waals surface area contributed by atoms with Crippen LogP contribution in [-0.4, -0.2) is 38.8 Å². The number of carbonyl (C=O) groups excluding carboxylic acids is 1. The topological polar surface area (TPSA) is 119 Å². The van der Waals surface area contributed by atoms with Gasteiger partial charge < -0.3 is 15.3 Å². The minimum atomic E-state index is -1.14. The number of aliphatic hydroxyl groups is 2. The van der Waals surface area contributed by atoms with Crippen molar-refractivity contribution in [3.8, 4) is 6.07 Å². The molecule has 6 heteroatoms. The van der Waals surface area contributed by atoms with Crippen LogP contribution in [0.3, 0.4) is 0 Å². The maximum atomic E-state index is 12.0. The summed E-state index contributed by atoms with van der Waals surface area (Å²) in [4.78, 5) is 23.2. The fourth-order valence-electron chi connectivity index (χ4n) is 7.63. The van der Waals surface area contributed by atoms with Gasteiger partial charge in [0, 0.05) is 18.3 Å². The van der Waals surface area contributed by atoms with Crippen LogP contribution in [0.2, 0.25) is 0 Å². The Bertz CT molecular complexity index is 815. The van der Waals surface area contributed by atoms with Crippen LogP contribution < -0.4 is 0 Å². The number of nitriles is 1. The average molecular weight is 402 g/mol. The summed E-state index contributed by atoms with van der Waals surface area (Å²) in [6, 6.07) is 2.46. The molecule has 0 aromatic rings. The maximum Gasteiger partial charge on any atom is 0.303 e. The molecular formula is C23H31NO5. The summed E-state index contributed by atoms with van der Waals surface area (Å²) in [6.45, 7) is 4.12. The third-order valence-electron chi connectivity index (χ3n) is 9.20. The van der Waals surface area contributed by atoms with Crippen LogP contribution in [0.15, 0.2) is 11.6 Å². The normalized spacial score (nSPS) is 48.7. The van der Waals surface area contributed by atoms with Crippen LogP contribution in [0.25, 0.3) is 0 Å². The highest BCUT2D eigenvalue weighted by Gasteiger charge is 2.67. The number of ketones is 1. The summed E-state index contributed by atoms with van der Waals surface area (Å²) in [5.41, 5.74) is -1.04. The Labute approximate surface area is 171 Å². The molecule has 3 saturated carbocycles. The molecule has 0 amide bonds. The Morgan fingerprint density at radius 2 is 2.07 bits per heavy atom. The van der Waals surface area contributed by atoms with Crippen LogP contribution in [0.1, 0.15) is 65.2 Å². The van der Waals surface area contributed by atoms with Gasteiger partial charge >= 0.3 is 5.97 Å². The molecule has 0 saturated heterocycles. The first-order valence-electron chi connectivity index (χ1n) is 10.8. The monoisotopic (exact) mass is 401 g/mol. The third kappa shape index (κ3) is 2.81. The predicted octanol–water partition coefficient (Wildman–Crippen LogP) is 2.83. The second-order valence-corrected chi connectivity index (χ2v) is 10.4. The van der Waals surface area contributed by atoms with Crippen molar-refractivity contribution < 1.29 is 24.9 Å². The Balaban J connectivity index is 1.75. The summed E-state index contributed by atoms with van der Waals surface area (Å²) >= 11 is 0. The van der Waals surface area contributed by atoms with Crippen LogP contribution in [0.4, 0.5) is 0 Å². The standard InChI is InChI=1S/C23H31NO5/c1-21-6-3-15(25)10-14(21)9-13(12-24)19-16-4-7-23(29,8-5-18(27)28)22(16,2)11-17(26)20(19)21/h10,13,16-17,19-20,26,29H,3-9,11H2,1-2H3,(H,27,28)/t13?,16-,17?,19-,20-,21-,22-,23-/m0/s1. The largest absolute Gasteiger partial charge is 0.481 e. The molecule has 6 nitrogen and oxygen atoms in total. The molecule has 2 unspecified atom stereocenters. The molecule has 4 aliphatic rings. The summed E-state index contributed by atoms with van der Waals surface area (Å²) in [5.74, 6) is -1.22. The van der Waals surface area contributed by atoms with E-state index in [1.807, 2.05) is 6.92 Å². The molecule has 3 fully saturated rings. The zero-order valence-corrected chi connectivity index (χ0v) is 17.2. The smallest absolute Gasteiger partial charge is 0.303 e. The molecular weight excluding hydrogens is 370 g/mol. The summed E-state index contributed by atoms with van der Waals surface area (Å²) < 4.78 is 0. The van der Waals surface area contributed by atoms with Crippen LogP contribution in [-0.2, 0) is 9.59 Å². The number of allylic oxidation sites excluding steroid dienone is 1. The van der Waals surface area contributed by atoms with E-state index in [4.69, 9.17) is 5.11 Å². The first-order valence-corrected chi connectivity index (χ1v) is 10.8. The summed E-state index contributed by atoms with van der Waals surface area (Å²) in [5, 5.41) is 42.0. The van der Waals surface area contributed by atoms with E-state index in [0.29, 0.717) is 32.1 Å². The number of fused-ring (bicyclic) bond motifs is 5. The number of rotatable bonds is 3. The van der Waals surface area contributed by atoms with Gasteiger partial charge in [-0.2, -0.15) is 5.26 Å². The maximum absolute atomic E-state index is 12.0. The minimum absolute atomic E-state index is 0.0528. The van der Waals surface area contributed by atoms with E-state index in [1.165, 1.54) is 0 Å². The first-order chi connectivity index (χ1) is 13.6. The number of carboxylic acids is 1. The lowest BCUT2D eigenvalue weighted by atomic mass is 9.43. The number of hydrogen-bond acceptors (Lipinski definition) is 5. The molecule has 4 rings (SSSR count). The second-order valence-electron chi connectivity index (χ2n) is 10.4. The second kappa shape index (κ2) is 6.65. The zero-order valence-electron chi connectivity index (χ0n) is 17.2. The molecule has 8 atom stereocenters. The van der Waals surface area contributed by atoms with Crippen molar-refractivity contribution in [3.63, 3.8) is 0 Å². The summed E-state index contributed by atoms with van der Waals surface area (Å²) in [6.07, 6.45) is 4.47. The lowest BCUT2D eigenvalue weighted by Crippen LogP contribution is -2.61. The van der Waals surface area contributed by atoms with Crippen molar-refractivity contribution in [3.05, 3.63) is 11.6 Å². The summed E-state index contributed by atoms with van der Waals surface area (Å²) in [7, 11) is 0. The first kappa shape index (κ1) is 20.6. The fraction of sp³-hybridized carbons (Fsp3) is 0.783. The SMILES string of the molecule is C[C@]12CCC(=O)C=C1CC(C#N)[C@@H]1[C@@H]2C(O)C[C@@]2(C)[C@H]1CC[C@]2(O)CCC(=O)O. The van der Waals surface area contributed by atoms with Gasteiger partial charge in [-0.05, 0) is 67.8 Å². The van der Waals surface area contributed by atoms with E-state index in [0.717, 1.165) is 12.0 Å². The van der Waals surface area contributed by atoms with Crippen molar-refractivity contribution >= 4 is 11.8 Å². The van der Waals surface area contributed by atoms with E-state index in [-0.39, 0.29) is 47.7 Å². The van der Waals surface area contributed by atoms with Gasteiger partial charge in [-0.1, -0.05) is 19.4 Å². The molecule has 4 aliphatic carbocycles. The van der Waals surface area contributed by atoms with Crippen molar-refractivity contribution in [2.75, 3.05) is 0 Å². The molecule has 0 radical (unpaired) electrons. The van der Waals surface area contributed by atoms with Crippen molar-refractivity contribution in [1.82, 2.24) is 0 Å². The van der Waals surface area contributed by atoms with E-state index >= 15 is 0 Å². The van der Waals surface area contributed by atoms with Gasteiger partial charge in [0.25, 0.3) is 0 Å². The lowest BCUT2D eigenvalue weighted by Gasteiger charge is -2.61. The van der Waals surface area contributed by atoms with E-state index in [9.17, 15) is 25.1 Å². The number of hydrogen-bond donors (Lipinski definition) is 3. The van der Waals surface area contributed by atoms with E-state index in [1.54, 1.807) is 6.08 Å². The minimum Gasteiger partial charge on any atom is -0.481 e. The van der Waals surface area contributed by atoms with Gasteiger partial charge in [0.1, 0.15) is 0 Å². The number of aliphatic carboxylic acids is 1. The van der Waals surface area contributed by atoms with Crippen molar-refractivity contribution in [2.45, 2.75) is 76.9 Å². The highest BCUT2D eigenvalue weighted by Crippen LogP contribution is 2.69. The molecule has 0 aromatic carbocycles. The molecule has 0 aromatic heterocycles. The Morgan fingerprint density at radius 1 is 1.34 bits per heavy atom. The highest BCUT2D eigenvalue weighted by atomic mass is 16.4. The molecule has 0 aliphatic heterocycles. The van der Waals surface area contributed by atoms with E-state index in [2.05, 4.69) is 13.0 Å². The molecule has 0 spiro atoms. The number of nitrogens with zero attached hydrogens (tertiary/aromatic N) is 1. The van der Waals surface area contributed by atoms with E-state index < -0.39 is 23.1 Å². The molecule has 3 N–H and O–H groups in total. The highest BCUT2D eigenvalue weighted by molar-refractivity contribution is 5.91. The number of aliphatic hydroxyl groups excluding tert-OH is 1. The zero-order chi connectivity index (χ0) is 21.2. The van der Waals surface area contributed by atoms with Gasteiger partial charge in [0.2, 0.25) is 0 Å². The van der Waals surface area contributed by atoms with Crippen LogP contribution >= 0.6 is 0 Å². The van der Waals surface area contributed by atoms with Crippen molar-refractivity contribution in [2.24, 2.45) is 34.5 Å². The van der Waals surface area contributed by atoms with Gasteiger partial charge in [-0.25, -0.2) is 0 Å². The van der Waals surface area contributed by atoms with Crippen LogP contribution in [0, 0.1) is 45.8 Å². The molecule has 158 valence electrons. The molecule has 29 heavy (non-hydrogen) atoms. The lowest BCUT2D eigenvalue weighted by molar-refractivity contribution is -0.181. The van der Waals surface area contributed by atoms with Crippen molar-refractivity contribution in [1.29, 1.82) is 5.26 Å². The van der Waals surface area contributed by atoms with Crippen LogP contribution in [0.5, 0.6) is 0 Å². The predicted molar refractivity (Wildman–Crippen MR) is 104 cm³/mol. The third-order valence-corrected chi connectivity index (χ3v) is 9.20. The van der Waals surface area contributed by atoms with Gasteiger partial charge in [0.05, 0.1) is 23.7 Å². The number of carbonyl (C=O) groups is 2. The number of carboxylic acid groups (broad SMARTS) is 1. The van der Waals surface area contributed by atoms with Gasteiger partial charge in [-0.3, -0.25) is 9.59 Å².